The summed E-state index contributed by atoms with van der Waals surface area (Å²) in [4.78, 5) is 0. The van der Waals surface area contributed by atoms with Crippen molar-refractivity contribution < 1.29 is 4.74 Å². The Balaban J connectivity index is 2.07. The first-order chi connectivity index (χ1) is 7.65. The fourth-order valence-corrected chi connectivity index (χ4v) is 1.50. The molecule has 4 nitrogen and oxygen atoms in total. The maximum Gasteiger partial charge on any atom is 0.134 e. The van der Waals surface area contributed by atoms with E-state index in [0.717, 1.165) is 17.0 Å². The van der Waals surface area contributed by atoms with Crippen LogP contribution < -0.4 is 4.74 Å². The molecule has 0 spiro atoms. The topological polar surface area (TPSA) is 39.9 Å². The van der Waals surface area contributed by atoms with Crippen molar-refractivity contribution >= 4 is 11.6 Å². The Labute approximate surface area is 98.8 Å². The molecule has 1 aromatic carbocycles. The van der Waals surface area contributed by atoms with Gasteiger partial charge >= 0.3 is 0 Å². The van der Waals surface area contributed by atoms with E-state index in [4.69, 9.17) is 16.3 Å². The number of aryl methyl sites for hydroxylation is 2. The Morgan fingerprint density at radius 2 is 2.25 bits per heavy atom. The summed E-state index contributed by atoms with van der Waals surface area (Å²) in [6, 6.07) is 5.56. The summed E-state index contributed by atoms with van der Waals surface area (Å²) in [5.41, 5.74) is 1.84. The van der Waals surface area contributed by atoms with Gasteiger partial charge in [0.1, 0.15) is 18.1 Å². The molecule has 0 N–H and O–H groups in total. The first kappa shape index (κ1) is 11.0. The van der Waals surface area contributed by atoms with Gasteiger partial charge in [0.05, 0.1) is 6.20 Å². The average molecular weight is 238 g/mol. The van der Waals surface area contributed by atoms with Crippen LogP contribution in [0.15, 0.2) is 24.4 Å². The second kappa shape index (κ2) is 4.53. The predicted molar refractivity (Wildman–Crippen MR) is 61.5 cm³/mol. The highest BCUT2D eigenvalue weighted by Crippen LogP contribution is 2.23. The molecule has 0 aliphatic carbocycles. The van der Waals surface area contributed by atoms with Gasteiger partial charge in [-0.05, 0) is 24.6 Å². The minimum atomic E-state index is 0.398. The SMILES string of the molecule is Cc1ccc(Cl)cc1OCc1cn(C)nn1. The van der Waals surface area contributed by atoms with Crippen molar-refractivity contribution in [2.24, 2.45) is 7.05 Å². The highest BCUT2D eigenvalue weighted by Gasteiger charge is 2.03. The number of hydrogen-bond donors (Lipinski definition) is 0. The molecule has 2 aromatic rings. The van der Waals surface area contributed by atoms with E-state index in [1.165, 1.54) is 0 Å². The van der Waals surface area contributed by atoms with Crippen LogP contribution in [0, 0.1) is 6.92 Å². The van der Waals surface area contributed by atoms with Crippen molar-refractivity contribution in [1.82, 2.24) is 15.0 Å². The molecule has 0 aliphatic heterocycles. The number of ether oxygens (including phenoxy) is 1. The Morgan fingerprint density at radius 1 is 1.44 bits per heavy atom. The molecule has 0 saturated carbocycles. The van der Waals surface area contributed by atoms with Crippen LogP contribution in [0.5, 0.6) is 5.75 Å². The minimum absolute atomic E-state index is 0.398. The monoisotopic (exact) mass is 237 g/mol. The lowest BCUT2D eigenvalue weighted by molar-refractivity contribution is 0.299. The maximum absolute atomic E-state index is 5.89. The first-order valence-electron chi connectivity index (χ1n) is 4.89. The quantitative estimate of drug-likeness (QED) is 0.823. The molecule has 0 saturated heterocycles. The van der Waals surface area contributed by atoms with Crippen molar-refractivity contribution in [2.75, 3.05) is 0 Å². The lowest BCUT2D eigenvalue weighted by Crippen LogP contribution is -1.97. The Bertz CT molecular complexity index is 496. The van der Waals surface area contributed by atoms with Gasteiger partial charge in [0.15, 0.2) is 0 Å². The molecule has 5 heteroatoms. The van der Waals surface area contributed by atoms with E-state index in [0.29, 0.717) is 11.6 Å². The van der Waals surface area contributed by atoms with E-state index in [1.807, 2.05) is 32.3 Å². The standard InChI is InChI=1S/C11H12ClN3O/c1-8-3-4-9(12)5-11(8)16-7-10-6-15(2)14-13-10/h3-6H,7H2,1-2H3. The van der Waals surface area contributed by atoms with Crippen LogP contribution in [0.1, 0.15) is 11.3 Å². The fraction of sp³-hybridized carbons (Fsp3) is 0.273. The minimum Gasteiger partial charge on any atom is -0.487 e. The predicted octanol–water partition coefficient (Wildman–Crippen LogP) is 2.36. The Morgan fingerprint density at radius 3 is 2.94 bits per heavy atom. The third-order valence-electron chi connectivity index (χ3n) is 2.18. The highest BCUT2D eigenvalue weighted by atomic mass is 35.5. The van der Waals surface area contributed by atoms with Gasteiger partial charge in [0, 0.05) is 12.1 Å². The summed E-state index contributed by atoms with van der Waals surface area (Å²) in [5.74, 6) is 0.776. The van der Waals surface area contributed by atoms with Crippen molar-refractivity contribution in [1.29, 1.82) is 0 Å². The van der Waals surface area contributed by atoms with Gasteiger partial charge in [-0.1, -0.05) is 22.9 Å². The normalized spacial score (nSPS) is 10.4. The molecule has 0 unspecified atom stereocenters. The third kappa shape index (κ3) is 2.52. The largest absolute Gasteiger partial charge is 0.487 e. The van der Waals surface area contributed by atoms with Crippen molar-refractivity contribution in [3.63, 3.8) is 0 Å². The summed E-state index contributed by atoms with van der Waals surface area (Å²) >= 11 is 5.89. The zero-order valence-electron chi connectivity index (χ0n) is 9.14. The van der Waals surface area contributed by atoms with Crippen LogP contribution in [-0.4, -0.2) is 15.0 Å². The number of hydrogen-bond acceptors (Lipinski definition) is 3. The number of aromatic nitrogens is 3. The summed E-state index contributed by atoms with van der Waals surface area (Å²) < 4.78 is 7.26. The summed E-state index contributed by atoms with van der Waals surface area (Å²) in [5, 5.41) is 8.43. The molecule has 1 aromatic heterocycles. The molecule has 0 radical (unpaired) electrons. The van der Waals surface area contributed by atoms with Crippen LogP contribution in [0.25, 0.3) is 0 Å². The Hall–Kier alpha value is -1.55. The second-order valence-electron chi connectivity index (χ2n) is 3.58. The molecular formula is C11H12ClN3O. The van der Waals surface area contributed by atoms with Crippen LogP contribution in [0.3, 0.4) is 0 Å². The number of rotatable bonds is 3. The van der Waals surface area contributed by atoms with Gasteiger partial charge in [-0.3, -0.25) is 4.68 Å². The van der Waals surface area contributed by atoms with Crippen molar-refractivity contribution in [2.45, 2.75) is 13.5 Å². The molecule has 0 bridgehead atoms. The van der Waals surface area contributed by atoms with Crippen molar-refractivity contribution in [3.05, 3.63) is 40.7 Å². The van der Waals surface area contributed by atoms with E-state index >= 15 is 0 Å². The van der Waals surface area contributed by atoms with Gasteiger partial charge in [0.25, 0.3) is 0 Å². The average Bonchev–Trinajstić information content (AvgIpc) is 2.66. The van der Waals surface area contributed by atoms with E-state index in [2.05, 4.69) is 10.3 Å². The molecule has 84 valence electrons. The van der Waals surface area contributed by atoms with Crippen LogP contribution in [-0.2, 0) is 13.7 Å². The zero-order valence-corrected chi connectivity index (χ0v) is 9.90. The van der Waals surface area contributed by atoms with Crippen LogP contribution in [0.2, 0.25) is 5.02 Å². The molecule has 0 atom stereocenters. The van der Waals surface area contributed by atoms with Gasteiger partial charge in [-0.2, -0.15) is 0 Å². The molecule has 1 heterocycles. The number of nitrogens with zero attached hydrogens (tertiary/aromatic N) is 3. The number of benzene rings is 1. The van der Waals surface area contributed by atoms with E-state index in [-0.39, 0.29) is 0 Å². The van der Waals surface area contributed by atoms with Gasteiger partial charge < -0.3 is 4.74 Å². The lowest BCUT2D eigenvalue weighted by Gasteiger charge is -2.07. The van der Waals surface area contributed by atoms with Gasteiger partial charge in [-0.15, -0.1) is 5.10 Å². The van der Waals surface area contributed by atoms with Gasteiger partial charge in [-0.25, -0.2) is 0 Å². The molecule has 0 aliphatic rings. The third-order valence-corrected chi connectivity index (χ3v) is 2.41. The first-order valence-corrected chi connectivity index (χ1v) is 5.27. The number of halogens is 1. The second-order valence-corrected chi connectivity index (χ2v) is 4.02. The summed E-state index contributed by atoms with van der Waals surface area (Å²) in [6.07, 6.45) is 1.82. The fourth-order valence-electron chi connectivity index (χ4n) is 1.34. The highest BCUT2D eigenvalue weighted by molar-refractivity contribution is 6.30. The Kier molecular flexibility index (Phi) is 3.10. The lowest BCUT2D eigenvalue weighted by atomic mass is 10.2. The van der Waals surface area contributed by atoms with Crippen LogP contribution in [0.4, 0.5) is 0 Å². The smallest absolute Gasteiger partial charge is 0.134 e. The maximum atomic E-state index is 5.89. The van der Waals surface area contributed by atoms with Crippen LogP contribution >= 0.6 is 11.6 Å². The van der Waals surface area contributed by atoms with E-state index in [9.17, 15) is 0 Å². The molecule has 0 amide bonds. The van der Waals surface area contributed by atoms with Gasteiger partial charge in [0.2, 0.25) is 0 Å². The molecule has 16 heavy (non-hydrogen) atoms. The molecular weight excluding hydrogens is 226 g/mol. The van der Waals surface area contributed by atoms with Crippen molar-refractivity contribution in [3.8, 4) is 5.75 Å². The van der Waals surface area contributed by atoms with E-state index in [1.54, 1.807) is 10.7 Å². The van der Waals surface area contributed by atoms with E-state index < -0.39 is 0 Å². The summed E-state index contributed by atoms with van der Waals surface area (Å²) in [6.45, 7) is 2.37. The zero-order chi connectivity index (χ0) is 11.5. The molecule has 2 rings (SSSR count). The summed E-state index contributed by atoms with van der Waals surface area (Å²) in [7, 11) is 1.82. The molecule has 0 fully saturated rings.